The van der Waals surface area contributed by atoms with Gasteiger partial charge < -0.3 is 14.4 Å². The number of halogens is 1. The number of ether oxygens (including phenoxy) is 1. The van der Waals surface area contributed by atoms with E-state index in [0.717, 1.165) is 19.0 Å². The van der Waals surface area contributed by atoms with E-state index in [0.29, 0.717) is 0 Å². The number of pyridine rings is 2. The van der Waals surface area contributed by atoms with Crippen molar-refractivity contribution in [3.05, 3.63) is 34.1 Å². The molecule has 0 saturated heterocycles. The summed E-state index contributed by atoms with van der Waals surface area (Å²) in [5.41, 5.74) is -0.685. The zero-order chi connectivity index (χ0) is 15.1. The average Bonchev–Trinajstić information content (AvgIpc) is 3.28. The third-order valence-electron chi connectivity index (χ3n) is 3.43. The van der Waals surface area contributed by atoms with E-state index in [9.17, 15) is 19.1 Å². The molecule has 110 valence electrons. The molecule has 3 rings (SSSR count). The number of hydrogen-bond donors (Lipinski definition) is 1. The van der Waals surface area contributed by atoms with Gasteiger partial charge in [0.25, 0.3) is 5.95 Å². The van der Waals surface area contributed by atoms with Gasteiger partial charge in [-0.2, -0.15) is 4.39 Å². The van der Waals surface area contributed by atoms with Crippen LogP contribution in [0, 0.1) is 5.95 Å². The molecule has 1 aliphatic carbocycles. The Bertz CT molecular complexity index is 796. The number of nitrogens with zero attached hydrogens (tertiary/aromatic N) is 2. The smallest absolute Gasteiger partial charge is 0.343 e. The van der Waals surface area contributed by atoms with Gasteiger partial charge in [0.2, 0.25) is 5.43 Å². The number of rotatable bonds is 3. The van der Waals surface area contributed by atoms with Crippen molar-refractivity contribution in [1.29, 1.82) is 0 Å². The topological polar surface area (TPSA) is 81.4 Å². The molecule has 0 unspecified atom stereocenters. The molecular formula is C14H13FN2O4. The van der Waals surface area contributed by atoms with Crippen molar-refractivity contribution in [1.82, 2.24) is 9.55 Å². The Labute approximate surface area is 118 Å². The molecule has 0 aliphatic heterocycles. The second kappa shape index (κ2) is 4.83. The summed E-state index contributed by atoms with van der Waals surface area (Å²) in [6.45, 7) is 1.79. The highest BCUT2D eigenvalue weighted by Gasteiger charge is 2.29. The molecule has 6 nitrogen and oxygen atoms in total. The fourth-order valence-corrected chi connectivity index (χ4v) is 2.30. The molecule has 1 N–H and O–H groups in total. The minimum absolute atomic E-state index is 0.00588. The summed E-state index contributed by atoms with van der Waals surface area (Å²) in [6, 6.07) is 0.0361. The number of hydrogen-bond acceptors (Lipinski definition) is 5. The van der Waals surface area contributed by atoms with Crippen molar-refractivity contribution in [2.75, 3.05) is 6.61 Å². The van der Waals surface area contributed by atoms with E-state index in [1.165, 1.54) is 6.20 Å². The van der Waals surface area contributed by atoms with Gasteiger partial charge in [-0.05, 0) is 19.8 Å². The Morgan fingerprint density at radius 1 is 1.57 bits per heavy atom. The van der Waals surface area contributed by atoms with E-state index in [1.807, 2.05) is 0 Å². The van der Waals surface area contributed by atoms with Gasteiger partial charge >= 0.3 is 5.97 Å². The van der Waals surface area contributed by atoms with E-state index in [4.69, 9.17) is 4.74 Å². The number of carbonyl (C=O) groups excluding carboxylic acids is 1. The van der Waals surface area contributed by atoms with Crippen molar-refractivity contribution in [2.45, 2.75) is 25.8 Å². The van der Waals surface area contributed by atoms with Crippen LogP contribution in [0.3, 0.4) is 0 Å². The maximum absolute atomic E-state index is 13.5. The molecule has 0 radical (unpaired) electrons. The first-order valence-corrected chi connectivity index (χ1v) is 6.64. The Hall–Kier alpha value is -2.44. The number of aromatic nitrogens is 2. The molecule has 2 heterocycles. The summed E-state index contributed by atoms with van der Waals surface area (Å²) >= 11 is 0. The molecule has 2 aromatic heterocycles. The molecule has 1 aliphatic rings. The van der Waals surface area contributed by atoms with Crippen molar-refractivity contribution in [3.63, 3.8) is 0 Å². The Kier molecular flexibility index (Phi) is 3.12. The minimum Gasteiger partial charge on any atom is -0.502 e. The van der Waals surface area contributed by atoms with Gasteiger partial charge in [0.15, 0.2) is 5.75 Å². The fraction of sp³-hybridized carbons (Fsp3) is 0.357. The van der Waals surface area contributed by atoms with Crippen molar-refractivity contribution in [2.24, 2.45) is 0 Å². The Morgan fingerprint density at radius 3 is 2.90 bits per heavy atom. The Balaban J connectivity index is 2.34. The lowest BCUT2D eigenvalue weighted by molar-refractivity contribution is 0.0524. The highest BCUT2D eigenvalue weighted by molar-refractivity contribution is 5.95. The van der Waals surface area contributed by atoms with Crippen LogP contribution in [0.15, 0.2) is 17.2 Å². The van der Waals surface area contributed by atoms with E-state index in [1.54, 1.807) is 11.5 Å². The van der Waals surface area contributed by atoms with Crippen LogP contribution in [0.5, 0.6) is 5.75 Å². The quantitative estimate of drug-likeness (QED) is 0.688. The molecule has 1 saturated carbocycles. The normalized spacial score (nSPS) is 14.4. The van der Waals surface area contributed by atoms with Gasteiger partial charge in [-0.1, -0.05) is 0 Å². The molecule has 0 bridgehead atoms. The van der Waals surface area contributed by atoms with Crippen molar-refractivity contribution >= 4 is 16.9 Å². The van der Waals surface area contributed by atoms with Crippen LogP contribution in [0.1, 0.15) is 36.2 Å². The van der Waals surface area contributed by atoms with Gasteiger partial charge in [0, 0.05) is 18.4 Å². The third-order valence-corrected chi connectivity index (χ3v) is 3.43. The summed E-state index contributed by atoms with van der Waals surface area (Å²) < 4.78 is 19.9. The van der Waals surface area contributed by atoms with Gasteiger partial charge in [0.05, 0.1) is 12.0 Å². The van der Waals surface area contributed by atoms with Crippen molar-refractivity contribution < 1.29 is 19.0 Å². The van der Waals surface area contributed by atoms with Gasteiger partial charge in [-0.3, -0.25) is 4.79 Å². The number of aromatic hydroxyl groups is 1. The second-order valence-electron chi connectivity index (χ2n) is 4.89. The predicted octanol–water partition coefficient (Wildman–Crippen LogP) is 1.75. The standard InChI is InChI=1S/C14H13FN2O4/c1-2-21-14(20)9-6-17(7-3-4-7)10-8(11(9)18)5-16-13(15)12(10)19/h5-7,19H,2-4H2,1H3. The van der Waals surface area contributed by atoms with E-state index < -0.39 is 23.1 Å². The van der Waals surface area contributed by atoms with Crippen LogP contribution in [0.25, 0.3) is 10.9 Å². The summed E-state index contributed by atoms with van der Waals surface area (Å²) in [7, 11) is 0. The maximum Gasteiger partial charge on any atom is 0.343 e. The van der Waals surface area contributed by atoms with Crippen LogP contribution < -0.4 is 5.43 Å². The first kappa shape index (κ1) is 13.5. The zero-order valence-electron chi connectivity index (χ0n) is 11.3. The van der Waals surface area contributed by atoms with Gasteiger partial charge in [-0.15, -0.1) is 0 Å². The number of esters is 1. The van der Waals surface area contributed by atoms with Gasteiger partial charge in [-0.25, -0.2) is 9.78 Å². The predicted molar refractivity (Wildman–Crippen MR) is 71.9 cm³/mol. The third kappa shape index (κ3) is 2.14. The fourth-order valence-electron chi connectivity index (χ4n) is 2.30. The zero-order valence-corrected chi connectivity index (χ0v) is 11.3. The summed E-state index contributed by atoms with van der Waals surface area (Å²) in [6.07, 6.45) is 4.04. The van der Waals surface area contributed by atoms with Crippen molar-refractivity contribution in [3.8, 4) is 5.75 Å². The van der Waals surface area contributed by atoms with E-state index >= 15 is 0 Å². The lowest BCUT2D eigenvalue weighted by Gasteiger charge is -2.13. The molecule has 21 heavy (non-hydrogen) atoms. The highest BCUT2D eigenvalue weighted by atomic mass is 19.1. The first-order valence-electron chi connectivity index (χ1n) is 6.64. The number of fused-ring (bicyclic) bond motifs is 1. The summed E-state index contributed by atoms with van der Waals surface area (Å²) in [5, 5.41) is 9.87. The molecule has 0 spiro atoms. The second-order valence-corrected chi connectivity index (χ2v) is 4.89. The molecule has 7 heteroatoms. The molecule has 0 atom stereocenters. The average molecular weight is 292 g/mol. The molecule has 1 fully saturated rings. The largest absolute Gasteiger partial charge is 0.502 e. The van der Waals surface area contributed by atoms with Gasteiger partial charge in [0.1, 0.15) is 11.1 Å². The molecular weight excluding hydrogens is 279 g/mol. The van der Waals surface area contributed by atoms with Crippen LogP contribution in [-0.4, -0.2) is 27.2 Å². The first-order chi connectivity index (χ1) is 10.0. The Morgan fingerprint density at radius 2 is 2.29 bits per heavy atom. The SMILES string of the molecule is CCOC(=O)c1cn(C2CC2)c2c(O)c(F)ncc2c1=O. The lowest BCUT2D eigenvalue weighted by Crippen LogP contribution is -2.21. The van der Waals surface area contributed by atoms with E-state index in [2.05, 4.69) is 4.98 Å². The van der Waals surface area contributed by atoms with E-state index in [-0.39, 0.29) is 29.1 Å². The van der Waals surface area contributed by atoms with Crippen LogP contribution in [0.4, 0.5) is 4.39 Å². The van der Waals surface area contributed by atoms with Crippen LogP contribution in [0.2, 0.25) is 0 Å². The lowest BCUT2D eigenvalue weighted by atomic mass is 10.1. The molecule has 0 amide bonds. The van der Waals surface area contributed by atoms with Crippen LogP contribution in [-0.2, 0) is 4.74 Å². The molecule has 0 aromatic carbocycles. The highest BCUT2D eigenvalue weighted by Crippen LogP contribution is 2.39. The monoisotopic (exact) mass is 292 g/mol. The summed E-state index contributed by atoms with van der Waals surface area (Å²) in [4.78, 5) is 27.5. The number of carbonyl (C=O) groups is 1. The van der Waals surface area contributed by atoms with Crippen LogP contribution >= 0.6 is 0 Å². The summed E-state index contributed by atoms with van der Waals surface area (Å²) in [5.74, 6) is -2.45. The molecule has 2 aromatic rings. The maximum atomic E-state index is 13.5. The minimum atomic E-state index is -1.04.